The lowest BCUT2D eigenvalue weighted by molar-refractivity contribution is -0.151. The number of aliphatic hydroxyl groups is 2. The zero-order valence-corrected chi connectivity index (χ0v) is 38.4. The maximum absolute atomic E-state index is 13.1. The monoisotopic (exact) mass is 814 g/mol. The molecular formula is C52H95NO5. The van der Waals surface area contributed by atoms with Gasteiger partial charge in [0.05, 0.1) is 25.2 Å². The second-order valence-electron chi connectivity index (χ2n) is 16.9. The summed E-state index contributed by atoms with van der Waals surface area (Å²) in [5.74, 6) is -0.513. The number of carbonyl (C=O) groups excluding carboxylic acids is 2. The Labute approximate surface area is 359 Å². The van der Waals surface area contributed by atoms with E-state index in [-0.39, 0.29) is 24.9 Å². The molecule has 0 bridgehead atoms. The molecular weight excluding hydrogens is 719 g/mol. The number of rotatable bonds is 44. The summed E-state index contributed by atoms with van der Waals surface area (Å²) in [6, 6.07) is -0.708. The Morgan fingerprint density at radius 2 is 0.914 bits per heavy atom. The zero-order chi connectivity index (χ0) is 42.4. The first-order valence-electron chi connectivity index (χ1n) is 24.9. The highest BCUT2D eigenvalue weighted by atomic mass is 16.5. The molecule has 0 heterocycles. The predicted molar refractivity (Wildman–Crippen MR) is 250 cm³/mol. The highest BCUT2D eigenvalue weighted by Crippen LogP contribution is 2.17. The Bertz CT molecular complexity index is 1000. The van der Waals surface area contributed by atoms with Gasteiger partial charge in [-0.1, -0.05) is 211 Å². The normalized spacial score (nSPS) is 13.7. The first-order chi connectivity index (χ1) is 28.5. The number of nitrogens with one attached hydrogen (secondary N) is 1. The number of unbranched alkanes of at least 4 members (excludes halogenated alkanes) is 26. The maximum atomic E-state index is 13.1. The fourth-order valence-corrected chi connectivity index (χ4v) is 7.35. The molecule has 0 aromatic heterocycles. The highest BCUT2D eigenvalue weighted by Gasteiger charge is 2.24. The maximum Gasteiger partial charge on any atom is 0.306 e. The second kappa shape index (κ2) is 45.9. The minimum atomic E-state index is -0.793. The van der Waals surface area contributed by atoms with Crippen LogP contribution >= 0.6 is 0 Å². The van der Waals surface area contributed by atoms with Crippen LogP contribution in [0, 0.1) is 0 Å². The van der Waals surface area contributed by atoms with Crippen LogP contribution < -0.4 is 5.32 Å². The molecule has 0 aromatic carbocycles. The average molecular weight is 814 g/mol. The molecule has 0 saturated carbocycles. The molecule has 0 rings (SSSR count). The van der Waals surface area contributed by atoms with Gasteiger partial charge in [-0.2, -0.15) is 0 Å². The van der Waals surface area contributed by atoms with E-state index in [1.54, 1.807) is 0 Å². The fraction of sp³-hybridized carbons (Fsp3) is 0.808. The third-order valence-electron chi connectivity index (χ3n) is 11.2. The van der Waals surface area contributed by atoms with Gasteiger partial charge >= 0.3 is 5.97 Å². The lowest BCUT2D eigenvalue weighted by Gasteiger charge is -2.24. The number of ether oxygens (including phenoxy) is 1. The highest BCUT2D eigenvalue weighted by molar-refractivity contribution is 5.77. The van der Waals surface area contributed by atoms with Crippen molar-refractivity contribution >= 4 is 11.9 Å². The summed E-state index contributed by atoms with van der Waals surface area (Å²) >= 11 is 0. The lowest BCUT2D eigenvalue weighted by Crippen LogP contribution is -2.46. The Balaban J connectivity index is 4.52. The Morgan fingerprint density at radius 1 is 0.500 bits per heavy atom. The first kappa shape index (κ1) is 55.8. The van der Waals surface area contributed by atoms with Crippen LogP contribution in [0.2, 0.25) is 0 Å². The van der Waals surface area contributed by atoms with E-state index in [0.29, 0.717) is 19.3 Å². The van der Waals surface area contributed by atoms with Crippen molar-refractivity contribution in [2.45, 2.75) is 264 Å². The van der Waals surface area contributed by atoms with Crippen molar-refractivity contribution in [2.24, 2.45) is 0 Å². The van der Waals surface area contributed by atoms with Gasteiger partial charge in [0.15, 0.2) is 0 Å². The topological polar surface area (TPSA) is 95.9 Å². The molecule has 0 aliphatic carbocycles. The van der Waals surface area contributed by atoms with Gasteiger partial charge in [0.25, 0.3) is 0 Å². The van der Waals surface area contributed by atoms with Gasteiger partial charge in [0, 0.05) is 6.42 Å². The predicted octanol–water partition coefficient (Wildman–Crippen LogP) is 14.7. The number of hydrogen-bond donors (Lipinski definition) is 3. The summed E-state index contributed by atoms with van der Waals surface area (Å²) in [6.07, 6.45) is 54.6. The second-order valence-corrected chi connectivity index (χ2v) is 16.9. The number of aliphatic hydroxyl groups excluding tert-OH is 2. The van der Waals surface area contributed by atoms with Crippen LogP contribution in [0.1, 0.15) is 245 Å². The van der Waals surface area contributed by atoms with Crippen molar-refractivity contribution < 1.29 is 24.5 Å². The summed E-state index contributed by atoms with van der Waals surface area (Å²) in [5, 5.41) is 23.7. The molecule has 0 aliphatic heterocycles. The number of hydrogen-bond acceptors (Lipinski definition) is 5. The molecule has 1 amide bonds. The van der Waals surface area contributed by atoms with E-state index < -0.39 is 18.2 Å². The molecule has 0 fully saturated rings. The molecule has 0 spiro atoms. The minimum Gasteiger partial charge on any atom is -0.462 e. The van der Waals surface area contributed by atoms with E-state index >= 15 is 0 Å². The largest absolute Gasteiger partial charge is 0.462 e. The van der Waals surface area contributed by atoms with Gasteiger partial charge in [0.2, 0.25) is 5.91 Å². The van der Waals surface area contributed by atoms with Crippen molar-refractivity contribution in [3.8, 4) is 0 Å². The molecule has 0 aliphatic rings. The quantitative estimate of drug-likeness (QED) is 0.0246. The van der Waals surface area contributed by atoms with E-state index in [9.17, 15) is 19.8 Å². The van der Waals surface area contributed by atoms with Crippen LogP contribution in [0.15, 0.2) is 48.6 Å². The van der Waals surface area contributed by atoms with Crippen LogP contribution in [0.3, 0.4) is 0 Å². The standard InChI is InChI=1S/C52H95NO5/c1-4-7-10-13-16-19-21-23-24-25-26-27-28-30-33-36-39-42-45-52(57)58-48(43-40-37-34-31-18-15-12-9-6-3)46-51(56)53-49(47-54)50(55)44-41-38-35-32-29-22-20-17-14-11-8-5-2/h15,18,21,23-27,48-50,54-55H,4-14,16-17,19-20,22,28-47H2,1-3H3,(H,53,56)/b18-15-,23-21+,25-24+,27-26+. The molecule has 338 valence electrons. The van der Waals surface area contributed by atoms with Crippen LogP contribution in [-0.2, 0) is 14.3 Å². The van der Waals surface area contributed by atoms with E-state index in [1.807, 2.05) is 0 Å². The third kappa shape index (κ3) is 40.6. The van der Waals surface area contributed by atoms with Crippen LogP contribution in [0.25, 0.3) is 0 Å². The zero-order valence-electron chi connectivity index (χ0n) is 38.4. The number of carbonyl (C=O) groups is 2. The molecule has 6 nitrogen and oxygen atoms in total. The van der Waals surface area contributed by atoms with Gasteiger partial charge in [0.1, 0.15) is 6.10 Å². The first-order valence-corrected chi connectivity index (χ1v) is 24.9. The smallest absolute Gasteiger partial charge is 0.306 e. The van der Waals surface area contributed by atoms with Crippen LogP contribution in [0.4, 0.5) is 0 Å². The third-order valence-corrected chi connectivity index (χ3v) is 11.2. The van der Waals surface area contributed by atoms with Gasteiger partial charge in [-0.25, -0.2) is 0 Å². The molecule has 3 atom stereocenters. The van der Waals surface area contributed by atoms with E-state index in [1.165, 1.54) is 109 Å². The van der Waals surface area contributed by atoms with Gasteiger partial charge in [-0.15, -0.1) is 0 Å². The minimum absolute atomic E-state index is 0.0581. The van der Waals surface area contributed by atoms with E-state index in [2.05, 4.69) is 74.7 Å². The van der Waals surface area contributed by atoms with Crippen molar-refractivity contribution in [3.63, 3.8) is 0 Å². The van der Waals surface area contributed by atoms with E-state index in [0.717, 1.165) is 89.9 Å². The molecule has 58 heavy (non-hydrogen) atoms. The average Bonchev–Trinajstić information content (AvgIpc) is 3.22. The van der Waals surface area contributed by atoms with Crippen molar-refractivity contribution in [3.05, 3.63) is 48.6 Å². The van der Waals surface area contributed by atoms with Crippen LogP contribution in [0.5, 0.6) is 0 Å². The summed E-state index contributed by atoms with van der Waals surface area (Å²) in [5.41, 5.74) is 0. The molecule has 0 saturated heterocycles. The Kier molecular flexibility index (Phi) is 44.2. The Hall–Kier alpha value is -2.18. The summed E-state index contributed by atoms with van der Waals surface area (Å²) in [6.45, 7) is 6.41. The van der Waals surface area contributed by atoms with Crippen molar-refractivity contribution in [1.82, 2.24) is 5.32 Å². The Morgan fingerprint density at radius 3 is 1.43 bits per heavy atom. The van der Waals surface area contributed by atoms with Gasteiger partial charge in [-0.05, 0) is 70.6 Å². The number of allylic oxidation sites excluding steroid dienone is 8. The number of amides is 1. The molecule has 0 radical (unpaired) electrons. The lowest BCUT2D eigenvalue weighted by atomic mass is 10.0. The van der Waals surface area contributed by atoms with Gasteiger partial charge < -0.3 is 20.3 Å². The SMILES string of the molecule is CCCC/C=C\CCCCCC(CC(=O)NC(CO)C(O)CCCCCCCCCCCCCC)OC(=O)CCCCCCC/C=C/C=C/C=C/CCCCCCC. The van der Waals surface area contributed by atoms with Crippen molar-refractivity contribution in [2.75, 3.05) is 6.61 Å². The number of esters is 1. The molecule has 3 unspecified atom stereocenters. The summed E-state index contributed by atoms with van der Waals surface area (Å²) in [4.78, 5) is 26.0. The fourth-order valence-electron chi connectivity index (χ4n) is 7.35. The van der Waals surface area contributed by atoms with Crippen LogP contribution in [-0.4, -0.2) is 46.9 Å². The summed E-state index contributed by atoms with van der Waals surface area (Å²) in [7, 11) is 0. The van der Waals surface area contributed by atoms with E-state index in [4.69, 9.17) is 4.74 Å². The molecule has 0 aromatic rings. The molecule has 6 heteroatoms. The molecule has 3 N–H and O–H groups in total. The van der Waals surface area contributed by atoms with Gasteiger partial charge in [-0.3, -0.25) is 9.59 Å². The van der Waals surface area contributed by atoms with Crippen molar-refractivity contribution in [1.29, 1.82) is 0 Å². The summed E-state index contributed by atoms with van der Waals surface area (Å²) < 4.78 is 5.89.